The van der Waals surface area contributed by atoms with Gasteiger partial charge in [0.25, 0.3) is 5.72 Å². The van der Waals surface area contributed by atoms with Crippen LogP contribution in [0.4, 0.5) is 5.69 Å². The molecule has 0 spiro atoms. The predicted molar refractivity (Wildman–Crippen MR) is 118 cm³/mol. The molecule has 0 amide bonds. The molecule has 0 bridgehead atoms. The van der Waals surface area contributed by atoms with E-state index in [0.717, 1.165) is 44.5 Å². The van der Waals surface area contributed by atoms with Gasteiger partial charge in [-0.3, -0.25) is 14.7 Å². The molecule has 2 fully saturated rings. The van der Waals surface area contributed by atoms with E-state index in [-0.39, 0.29) is 0 Å². The van der Waals surface area contributed by atoms with Crippen LogP contribution in [0.15, 0.2) is 54.9 Å². The minimum absolute atomic E-state index is 0.348. The lowest BCUT2D eigenvalue weighted by atomic mass is 10.0. The zero-order chi connectivity index (χ0) is 21.8. The molecule has 0 aromatic carbocycles. The number of carbonyl (C=O) groups excluding carboxylic acids is 2. The van der Waals surface area contributed by atoms with Crippen molar-refractivity contribution in [1.29, 1.82) is 0 Å². The maximum Gasteiger partial charge on any atom is 0.367 e. The number of carbonyl (C=O) groups is 2. The van der Waals surface area contributed by atoms with Crippen LogP contribution in [0, 0.1) is 0 Å². The zero-order valence-corrected chi connectivity index (χ0v) is 18.0. The van der Waals surface area contributed by atoms with Crippen molar-refractivity contribution in [2.24, 2.45) is 0 Å². The number of rotatable bonds is 7. The normalized spacial score (nSPS) is 23.2. The van der Waals surface area contributed by atoms with Gasteiger partial charge in [-0.2, -0.15) is 0 Å². The number of anilines is 1. The topological polar surface area (TPSA) is 72.0 Å². The molecule has 1 aromatic rings. The first kappa shape index (κ1) is 21.5. The molecule has 31 heavy (non-hydrogen) atoms. The minimum Gasteiger partial charge on any atom is -0.419 e. The number of pyridine rings is 1. The average molecular weight is 424 g/mol. The summed E-state index contributed by atoms with van der Waals surface area (Å²) in [5.41, 5.74) is -0.346. The molecule has 3 heterocycles. The van der Waals surface area contributed by atoms with E-state index < -0.39 is 23.6 Å². The van der Waals surface area contributed by atoms with Crippen LogP contribution in [0.5, 0.6) is 5.75 Å². The number of aromatic nitrogens is 1. The molecule has 0 N–H and O–H groups in total. The van der Waals surface area contributed by atoms with E-state index in [2.05, 4.69) is 16.5 Å². The number of likely N-dealkylation sites (tertiary alicyclic amines) is 1. The summed E-state index contributed by atoms with van der Waals surface area (Å²) in [5.74, 6) is -0.784. The van der Waals surface area contributed by atoms with Crippen molar-refractivity contribution in [1.82, 2.24) is 9.88 Å². The summed E-state index contributed by atoms with van der Waals surface area (Å²) in [5, 5.41) is 0. The molecule has 164 valence electrons. The smallest absolute Gasteiger partial charge is 0.367 e. The largest absolute Gasteiger partial charge is 0.419 e. The van der Waals surface area contributed by atoms with E-state index in [1.54, 1.807) is 17.2 Å². The molecule has 2 saturated heterocycles. The minimum atomic E-state index is -1.84. The van der Waals surface area contributed by atoms with Crippen LogP contribution in [0.3, 0.4) is 0 Å². The summed E-state index contributed by atoms with van der Waals surface area (Å²) in [6.45, 7) is 8.36. The van der Waals surface area contributed by atoms with Gasteiger partial charge in [0, 0.05) is 32.4 Å². The Bertz CT molecular complexity index is 913. The van der Waals surface area contributed by atoms with E-state index in [9.17, 15) is 9.59 Å². The molecular formula is C24H29N3O4. The van der Waals surface area contributed by atoms with Gasteiger partial charge in [0.2, 0.25) is 0 Å². The van der Waals surface area contributed by atoms with Crippen LogP contribution in [-0.4, -0.2) is 59.6 Å². The van der Waals surface area contributed by atoms with Gasteiger partial charge in [-0.15, -0.1) is 0 Å². The summed E-state index contributed by atoms with van der Waals surface area (Å²) in [6.07, 6.45) is 13.9. The first-order chi connectivity index (χ1) is 15.0. The van der Waals surface area contributed by atoms with E-state index in [1.807, 2.05) is 24.3 Å². The SMILES string of the molecule is C=C1C=CC=CC1OC(C(C)=O)(C(=O)Oc1cnccc1N1CCCC1)N1CCCC1. The highest BCUT2D eigenvalue weighted by molar-refractivity contribution is 6.06. The van der Waals surface area contributed by atoms with Crippen molar-refractivity contribution >= 4 is 17.4 Å². The van der Waals surface area contributed by atoms with Gasteiger partial charge in [-0.25, -0.2) is 4.79 Å². The van der Waals surface area contributed by atoms with E-state index >= 15 is 0 Å². The maximum absolute atomic E-state index is 13.7. The molecule has 1 aliphatic carbocycles. The van der Waals surface area contributed by atoms with Crippen LogP contribution in [0.1, 0.15) is 32.6 Å². The maximum atomic E-state index is 13.7. The van der Waals surface area contributed by atoms with Crippen LogP contribution in [-0.2, 0) is 14.3 Å². The van der Waals surface area contributed by atoms with Gasteiger partial charge in [0.1, 0.15) is 6.10 Å². The number of ketones is 1. The Balaban J connectivity index is 1.67. The van der Waals surface area contributed by atoms with Gasteiger partial charge >= 0.3 is 5.97 Å². The van der Waals surface area contributed by atoms with Crippen molar-refractivity contribution in [3.8, 4) is 5.75 Å². The highest BCUT2D eigenvalue weighted by Gasteiger charge is 2.54. The number of hydrogen-bond acceptors (Lipinski definition) is 7. The predicted octanol–water partition coefficient (Wildman–Crippen LogP) is 3.04. The van der Waals surface area contributed by atoms with Gasteiger partial charge in [-0.05, 0) is 44.2 Å². The number of ether oxygens (including phenoxy) is 2. The number of esters is 1. The molecule has 0 radical (unpaired) electrons. The lowest BCUT2D eigenvalue weighted by Crippen LogP contribution is -2.63. The summed E-state index contributed by atoms with van der Waals surface area (Å²) >= 11 is 0. The first-order valence-electron chi connectivity index (χ1n) is 10.9. The Morgan fingerprint density at radius 1 is 1.13 bits per heavy atom. The van der Waals surface area contributed by atoms with Crippen molar-refractivity contribution in [3.05, 3.63) is 54.9 Å². The average Bonchev–Trinajstić information content (AvgIpc) is 3.48. The Morgan fingerprint density at radius 2 is 1.84 bits per heavy atom. The summed E-state index contributed by atoms with van der Waals surface area (Å²) < 4.78 is 12.1. The quantitative estimate of drug-likeness (QED) is 0.493. The highest BCUT2D eigenvalue weighted by atomic mass is 16.6. The third kappa shape index (κ3) is 4.20. The van der Waals surface area contributed by atoms with Crippen molar-refractivity contribution < 1.29 is 19.1 Å². The molecule has 3 aliphatic rings. The molecule has 7 heteroatoms. The molecule has 2 atom stereocenters. The molecule has 0 saturated carbocycles. The molecular weight excluding hydrogens is 394 g/mol. The Labute approximate surface area is 183 Å². The van der Waals surface area contributed by atoms with Crippen LogP contribution in [0.25, 0.3) is 0 Å². The first-order valence-corrected chi connectivity index (χ1v) is 10.9. The van der Waals surface area contributed by atoms with Crippen LogP contribution < -0.4 is 9.64 Å². The van der Waals surface area contributed by atoms with Crippen LogP contribution in [0.2, 0.25) is 0 Å². The number of allylic oxidation sites excluding steroid dienone is 2. The van der Waals surface area contributed by atoms with Gasteiger partial charge in [0.05, 0.1) is 11.9 Å². The number of Topliss-reactive ketones (excluding diaryl/α,β-unsaturated/α-hetero) is 1. The summed E-state index contributed by atoms with van der Waals surface area (Å²) in [7, 11) is 0. The zero-order valence-electron chi connectivity index (χ0n) is 18.0. The summed E-state index contributed by atoms with van der Waals surface area (Å²) in [4.78, 5) is 34.8. The Hall–Kier alpha value is -2.77. The van der Waals surface area contributed by atoms with E-state index in [1.165, 1.54) is 13.1 Å². The fraction of sp³-hybridized carbons (Fsp3) is 0.458. The summed E-state index contributed by atoms with van der Waals surface area (Å²) in [6, 6.07) is 1.84. The lowest BCUT2D eigenvalue weighted by molar-refractivity contribution is -0.198. The second-order valence-electron chi connectivity index (χ2n) is 8.18. The fourth-order valence-electron chi connectivity index (χ4n) is 4.43. The van der Waals surface area contributed by atoms with Crippen LogP contribution >= 0.6 is 0 Å². The number of hydrogen-bond donors (Lipinski definition) is 0. The lowest BCUT2D eigenvalue weighted by Gasteiger charge is -2.39. The Morgan fingerprint density at radius 3 is 2.52 bits per heavy atom. The molecule has 7 nitrogen and oxygen atoms in total. The fourth-order valence-corrected chi connectivity index (χ4v) is 4.43. The molecule has 2 aliphatic heterocycles. The Kier molecular flexibility index (Phi) is 6.34. The monoisotopic (exact) mass is 423 g/mol. The molecule has 4 rings (SSSR count). The highest BCUT2D eigenvalue weighted by Crippen LogP contribution is 2.34. The standard InChI is InChI=1S/C24H29N3O4/c1-18-9-3-4-10-21(18)31-24(19(2)28,27-15-7-8-16-27)23(29)30-22-17-25-12-11-20(22)26-13-5-6-14-26/h3-4,9-12,17,21H,1,5-8,13-16H2,2H3. The van der Waals surface area contributed by atoms with E-state index in [0.29, 0.717) is 24.4 Å². The van der Waals surface area contributed by atoms with Crippen molar-refractivity contribution in [2.75, 3.05) is 31.1 Å². The van der Waals surface area contributed by atoms with E-state index in [4.69, 9.17) is 9.47 Å². The molecule has 2 unspecified atom stereocenters. The molecule has 1 aromatic heterocycles. The van der Waals surface area contributed by atoms with Gasteiger partial charge < -0.3 is 14.4 Å². The van der Waals surface area contributed by atoms with Crippen molar-refractivity contribution in [3.63, 3.8) is 0 Å². The van der Waals surface area contributed by atoms with Gasteiger partial charge in [0.15, 0.2) is 11.5 Å². The third-order valence-corrected chi connectivity index (χ3v) is 6.09. The second-order valence-corrected chi connectivity index (χ2v) is 8.18. The second kappa shape index (κ2) is 9.16. The van der Waals surface area contributed by atoms with Gasteiger partial charge in [-0.1, -0.05) is 30.9 Å². The van der Waals surface area contributed by atoms with Crippen molar-refractivity contribution in [2.45, 2.75) is 44.4 Å². The number of nitrogens with zero attached hydrogens (tertiary/aromatic N) is 3. The third-order valence-electron chi connectivity index (χ3n) is 6.09.